The van der Waals surface area contributed by atoms with Gasteiger partial charge in [0.25, 0.3) is 0 Å². The number of ether oxygens (including phenoxy) is 1. The zero-order chi connectivity index (χ0) is 15.5. The first-order valence-corrected chi connectivity index (χ1v) is 6.82. The van der Waals surface area contributed by atoms with Crippen LogP contribution in [-0.2, 0) is 11.3 Å². The van der Waals surface area contributed by atoms with E-state index in [9.17, 15) is 18.9 Å². The molecule has 0 saturated carbocycles. The number of rotatable bonds is 5. The lowest BCUT2D eigenvalue weighted by Crippen LogP contribution is -2.36. The number of nitrogens with one attached hydrogen (secondary N) is 1. The Kier molecular flexibility index (Phi) is 4.84. The maximum absolute atomic E-state index is 13.6. The van der Waals surface area contributed by atoms with Crippen molar-refractivity contribution in [3.05, 3.63) is 39.4 Å². The molecule has 1 aromatic rings. The third-order valence-corrected chi connectivity index (χ3v) is 3.88. The summed E-state index contributed by atoms with van der Waals surface area (Å²) in [6, 6.07) is 1.51. The quantitative estimate of drug-likeness (QED) is 0.671. The van der Waals surface area contributed by atoms with Crippen LogP contribution in [-0.4, -0.2) is 24.7 Å². The predicted octanol–water partition coefficient (Wildman–Crippen LogP) is 2.78. The fourth-order valence-corrected chi connectivity index (χ4v) is 2.40. The Morgan fingerprint density at radius 2 is 2.00 bits per heavy atom. The van der Waals surface area contributed by atoms with Crippen LogP contribution in [0.3, 0.4) is 0 Å². The van der Waals surface area contributed by atoms with Gasteiger partial charge in [0.2, 0.25) is 5.82 Å². The number of benzene rings is 1. The highest BCUT2D eigenvalue weighted by Gasteiger charge is 2.27. The van der Waals surface area contributed by atoms with E-state index in [1.807, 2.05) is 0 Å². The summed E-state index contributed by atoms with van der Waals surface area (Å²) in [4.78, 5) is 9.82. The van der Waals surface area contributed by atoms with E-state index in [1.165, 1.54) is 0 Å². The van der Waals surface area contributed by atoms with Crippen LogP contribution in [0.25, 0.3) is 0 Å². The summed E-state index contributed by atoms with van der Waals surface area (Å²) < 4.78 is 32.2. The van der Waals surface area contributed by atoms with Crippen LogP contribution >= 0.6 is 0 Å². The fourth-order valence-electron chi connectivity index (χ4n) is 2.40. The van der Waals surface area contributed by atoms with E-state index < -0.39 is 22.2 Å². The number of nitro benzene ring substituents is 1. The van der Waals surface area contributed by atoms with Crippen LogP contribution in [0.4, 0.5) is 14.5 Å². The van der Waals surface area contributed by atoms with Gasteiger partial charge >= 0.3 is 5.69 Å². The smallest absolute Gasteiger partial charge is 0.305 e. The Balaban J connectivity index is 1.99. The zero-order valence-electron chi connectivity index (χ0n) is 11.8. The molecule has 0 radical (unpaired) electrons. The molecule has 1 saturated heterocycles. The first-order chi connectivity index (χ1) is 9.91. The second-order valence-electron chi connectivity index (χ2n) is 5.68. The molecule has 21 heavy (non-hydrogen) atoms. The Hall–Kier alpha value is -1.60. The van der Waals surface area contributed by atoms with Crippen LogP contribution in [0.15, 0.2) is 12.1 Å². The first kappa shape index (κ1) is 15.8. The van der Waals surface area contributed by atoms with Crippen molar-refractivity contribution in [2.75, 3.05) is 19.8 Å². The molecule has 1 aliphatic heterocycles. The van der Waals surface area contributed by atoms with Gasteiger partial charge in [-0.15, -0.1) is 0 Å². The summed E-state index contributed by atoms with van der Waals surface area (Å²) in [5.74, 6) is -1.93. The Labute approximate surface area is 121 Å². The highest BCUT2D eigenvalue weighted by atomic mass is 19.1. The van der Waals surface area contributed by atoms with Crippen molar-refractivity contribution in [1.29, 1.82) is 0 Å². The highest BCUT2D eigenvalue weighted by Crippen LogP contribution is 2.29. The molecule has 5 nitrogen and oxygen atoms in total. The van der Waals surface area contributed by atoms with E-state index in [0.717, 1.165) is 18.9 Å². The SMILES string of the molecule is CC1(CNCc2cc([N+](=O)[O-])c(F)cc2F)CCOCC1. The van der Waals surface area contributed by atoms with Gasteiger partial charge in [-0.1, -0.05) is 6.92 Å². The van der Waals surface area contributed by atoms with Crippen molar-refractivity contribution in [3.63, 3.8) is 0 Å². The standard InChI is InChI=1S/C14H18F2N2O3/c1-14(2-4-21-5-3-14)9-17-8-10-6-13(18(19)20)12(16)7-11(10)15/h6-7,17H,2-5,8-9H2,1H3. The lowest BCUT2D eigenvalue weighted by atomic mass is 9.82. The minimum absolute atomic E-state index is 0.0701. The Bertz CT molecular complexity index is 531. The van der Waals surface area contributed by atoms with Gasteiger partial charge in [-0.05, 0) is 18.3 Å². The number of hydrogen-bond acceptors (Lipinski definition) is 4. The van der Waals surface area contributed by atoms with Crippen molar-refractivity contribution >= 4 is 5.69 Å². The van der Waals surface area contributed by atoms with Gasteiger partial charge in [-0.25, -0.2) is 4.39 Å². The van der Waals surface area contributed by atoms with E-state index in [-0.39, 0.29) is 17.5 Å². The van der Waals surface area contributed by atoms with E-state index in [1.54, 1.807) is 0 Å². The van der Waals surface area contributed by atoms with Crippen molar-refractivity contribution in [2.24, 2.45) is 5.41 Å². The van der Waals surface area contributed by atoms with E-state index in [0.29, 0.717) is 25.8 Å². The molecule has 1 N–H and O–H groups in total. The van der Waals surface area contributed by atoms with Crippen LogP contribution in [0.1, 0.15) is 25.3 Å². The summed E-state index contributed by atoms with van der Waals surface area (Å²) in [6.07, 6.45) is 1.82. The Morgan fingerprint density at radius 3 is 2.62 bits per heavy atom. The first-order valence-electron chi connectivity index (χ1n) is 6.82. The van der Waals surface area contributed by atoms with Crippen LogP contribution in [0, 0.1) is 27.2 Å². The maximum Gasteiger partial charge on any atom is 0.305 e. The molecule has 1 aromatic carbocycles. The molecule has 1 heterocycles. The van der Waals surface area contributed by atoms with Gasteiger partial charge in [0.05, 0.1) is 4.92 Å². The lowest BCUT2D eigenvalue weighted by molar-refractivity contribution is -0.387. The lowest BCUT2D eigenvalue weighted by Gasteiger charge is -2.33. The van der Waals surface area contributed by atoms with Crippen molar-refractivity contribution in [2.45, 2.75) is 26.3 Å². The average molecular weight is 300 g/mol. The van der Waals surface area contributed by atoms with Gasteiger partial charge in [0, 0.05) is 44.0 Å². The molecule has 0 aromatic heterocycles. The number of nitro groups is 1. The summed E-state index contributed by atoms with van der Waals surface area (Å²) in [5, 5.41) is 13.8. The van der Waals surface area contributed by atoms with Crippen molar-refractivity contribution in [3.8, 4) is 0 Å². The highest BCUT2D eigenvalue weighted by molar-refractivity contribution is 5.37. The summed E-state index contributed by atoms with van der Waals surface area (Å²) >= 11 is 0. The third kappa shape index (κ3) is 3.95. The average Bonchev–Trinajstić information content (AvgIpc) is 2.41. The minimum atomic E-state index is -1.15. The van der Waals surface area contributed by atoms with Crippen LogP contribution in [0.2, 0.25) is 0 Å². The number of nitrogens with zero attached hydrogens (tertiary/aromatic N) is 1. The molecule has 0 atom stereocenters. The molecular weight excluding hydrogens is 282 g/mol. The molecule has 1 aliphatic rings. The number of hydrogen-bond donors (Lipinski definition) is 1. The molecule has 0 aliphatic carbocycles. The molecule has 7 heteroatoms. The molecule has 116 valence electrons. The fraction of sp³-hybridized carbons (Fsp3) is 0.571. The largest absolute Gasteiger partial charge is 0.381 e. The van der Waals surface area contributed by atoms with Gasteiger partial charge in [-0.3, -0.25) is 10.1 Å². The van der Waals surface area contributed by atoms with Gasteiger partial charge in [0.15, 0.2) is 0 Å². The normalized spacial score (nSPS) is 17.7. The van der Waals surface area contributed by atoms with Gasteiger partial charge in [0.1, 0.15) is 5.82 Å². The molecular formula is C14H18F2N2O3. The third-order valence-electron chi connectivity index (χ3n) is 3.88. The monoisotopic (exact) mass is 300 g/mol. The molecule has 1 fully saturated rings. The topological polar surface area (TPSA) is 64.4 Å². The second-order valence-corrected chi connectivity index (χ2v) is 5.68. The van der Waals surface area contributed by atoms with Gasteiger partial charge in [-0.2, -0.15) is 4.39 Å². The number of halogens is 2. The van der Waals surface area contributed by atoms with E-state index >= 15 is 0 Å². The van der Waals surface area contributed by atoms with Gasteiger partial charge < -0.3 is 10.1 Å². The summed E-state index contributed by atoms with van der Waals surface area (Å²) in [5.41, 5.74) is -0.537. The maximum atomic E-state index is 13.6. The van der Waals surface area contributed by atoms with Crippen LogP contribution < -0.4 is 5.32 Å². The summed E-state index contributed by atoms with van der Waals surface area (Å²) in [7, 11) is 0. The van der Waals surface area contributed by atoms with Crippen LogP contribution in [0.5, 0.6) is 0 Å². The predicted molar refractivity (Wildman–Crippen MR) is 72.9 cm³/mol. The van der Waals surface area contributed by atoms with E-state index in [4.69, 9.17) is 4.74 Å². The molecule has 0 amide bonds. The second kappa shape index (κ2) is 6.44. The Morgan fingerprint density at radius 1 is 1.33 bits per heavy atom. The molecule has 0 spiro atoms. The van der Waals surface area contributed by atoms with Crippen molar-refractivity contribution in [1.82, 2.24) is 5.32 Å². The molecule has 0 unspecified atom stereocenters. The molecule has 0 bridgehead atoms. The minimum Gasteiger partial charge on any atom is -0.381 e. The van der Waals surface area contributed by atoms with E-state index in [2.05, 4.69) is 12.2 Å². The zero-order valence-corrected chi connectivity index (χ0v) is 11.8. The van der Waals surface area contributed by atoms with Crippen molar-refractivity contribution < 1.29 is 18.4 Å². The molecule has 2 rings (SSSR count). The summed E-state index contributed by atoms with van der Waals surface area (Å²) in [6.45, 7) is 4.31.